The number of esters is 1. The van der Waals surface area contributed by atoms with Crippen molar-refractivity contribution in [3.63, 3.8) is 0 Å². The fraction of sp³-hybridized carbons (Fsp3) is 0.118. The van der Waals surface area contributed by atoms with Crippen LogP contribution < -0.4 is 10.6 Å². The molecule has 25 heavy (non-hydrogen) atoms. The van der Waals surface area contributed by atoms with Crippen molar-refractivity contribution in [3.8, 4) is 0 Å². The molecule has 130 valence electrons. The standard InChI is InChI=1S/C17H14Cl2N2O4/c18-12-6-13(19)8-14(7-12)21-15(22)10-25-16(23)9-20-17(24)11-4-2-1-3-5-11/h1-8H,9-10H2,(H,20,24)(H,21,22). The first kappa shape index (κ1) is 18.8. The quantitative estimate of drug-likeness (QED) is 0.754. The molecule has 6 nitrogen and oxygen atoms in total. The van der Waals surface area contributed by atoms with Gasteiger partial charge in [0.1, 0.15) is 6.54 Å². The van der Waals surface area contributed by atoms with Crippen LogP contribution in [-0.4, -0.2) is 30.9 Å². The van der Waals surface area contributed by atoms with E-state index in [2.05, 4.69) is 10.6 Å². The van der Waals surface area contributed by atoms with Crippen LogP contribution in [0.4, 0.5) is 5.69 Å². The largest absolute Gasteiger partial charge is 0.454 e. The summed E-state index contributed by atoms with van der Waals surface area (Å²) >= 11 is 11.6. The van der Waals surface area contributed by atoms with E-state index in [9.17, 15) is 14.4 Å². The highest BCUT2D eigenvalue weighted by atomic mass is 35.5. The third-order valence-electron chi connectivity index (χ3n) is 2.94. The van der Waals surface area contributed by atoms with Crippen molar-refractivity contribution in [2.75, 3.05) is 18.5 Å². The van der Waals surface area contributed by atoms with E-state index in [-0.39, 0.29) is 6.54 Å². The lowest BCUT2D eigenvalue weighted by molar-refractivity contribution is -0.146. The van der Waals surface area contributed by atoms with Gasteiger partial charge in [0.25, 0.3) is 11.8 Å². The molecule has 0 aliphatic heterocycles. The van der Waals surface area contributed by atoms with E-state index in [4.69, 9.17) is 27.9 Å². The maximum absolute atomic E-state index is 11.8. The van der Waals surface area contributed by atoms with Crippen molar-refractivity contribution in [1.29, 1.82) is 0 Å². The van der Waals surface area contributed by atoms with Crippen LogP contribution in [-0.2, 0) is 14.3 Å². The van der Waals surface area contributed by atoms with Gasteiger partial charge in [0.2, 0.25) is 0 Å². The molecule has 0 spiro atoms. The number of rotatable bonds is 6. The smallest absolute Gasteiger partial charge is 0.325 e. The van der Waals surface area contributed by atoms with E-state index in [0.717, 1.165) is 0 Å². The molecule has 0 radical (unpaired) electrons. The molecule has 0 saturated heterocycles. The molecule has 0 fully saturated rings. The van der Waals surface area contributed by atoms with Gasteiger partial charge >= 0.3 is 5.97 Å². The summed E-state index contributed by atoms with van der Waals surface area (Å²) in [5.41, 5.74) is 0.807. The monoisotopic (exact) mass is 380 g/mol. The molecule has 8 heteroatoms. The lowest BCUT2D eigenvalue weighted by Crippen LogP contribution is -2.32. The second kappa shape index (κ2) is 9.05. The van der Waals surface area contributed by atoms with Crippen LogP contribution in [0.2, 0.25) is 10.0 Å². The average molecular weight is 381 g/mol. The molecule has 2 aromatic rings. The first-order valence-corrected chi connectivity index (χ1v) is 7.94. The van der Waals surface area contributed by atoms with E-state index in [0.29, 0.717) is 21.3 Å². The Bertz CT molecular complexity index is 761. The van der Waals surface area contributed by atoms with Gasteiger partial charge in [0.05, 0.1) is 0 Å². The van der Waals surface area contributed by atoms with Crippen molar-refractivity contribution in [3.05, 3.63) is 64.1 Å². The highest BCUT2D eigenvalue weighted by Crippen LogP contribution is 2.22. The van der Waals surface area contributed by atoms with Crippen LogP contribution in [0.3, 0.4) is 0 Å². The zero-order valence-corrected chi connectivity index (χ0v) is 14.4. The minimum absolute atomic E-state index is 0.343. The van der Waals surface area contributed by atoms with Gasteiger partial charge in [-0.05, 0) is 30.3 Å². The van der Waals surface area contributed by atoms with Crippen LogP contribution in [0.15, 0.2) is 48.5 Å². The van der Waals surface area contributed by atoms with E-state index >= 15 is 0 Å². The third-order valence-corrected chi connectivity index (χ3v) is 3.38. The topological polar surface area (TPSA) is 84.5 Å². The number of hydrogen-bond acceptors (Lipinski definition) is 4. The molecule has 0 aliphatic rings. The van der Waals surface area contributed by atoms with Gasteiger partial charge in [-0.25, -0.2) is 0 Å². The molecule has 0 saturated carbocycles. The number of amides is 2. The zero-order chi connectivity index (χ0) is 18.2. The Hall–Kier alpha value is -2.57. The Kier molecular flexibility index (Phi) is 6.80. The number of ether oxygens (including phenoxy) is 1. The number of carbonyl (C=O) groups excluding carboxylic acids is 3. The zero-order valence-electron chi connectivity index (χ0n) is 12.9. The van der Waals surface area contributed by atoms with Crippen LogP contribution in [0.5, 0.6) is 0 Å². The lowest BCUT2D eigenvalue weighted by Gasteiger charge is -2.08. The molecule has 0 aromatic heterocycles. The predicted molar refractivity (Wildman–Crippen MR) is 94.8 cm³/mol. The molecule has 0 atom stereocenters. The number of benzene rings is 2. The summed E-state index contributed by atoms with van der Waals surface area (Å²) in [5, 5.41) is 5.63. The normalized spacial score (nSPS) is 10.0. The summed E-state index contributed by atoms with van der Waals surface area (Å²) in [5.74, 6) is -1.69. The summed E-state index contributed by atoms with van der Waals surface area (Å²) in [6.45, 7) is -0.839. The molecule has 2 N–H and O–H groups in total. The fourth-order valence-electron chi connectivity index (χ4n) is 1.86. The third kappa shape index (κ3) is 6.45. The van der Waals surface area contributed by atoms with Crippen LogP contribution in [0, 0.1) is 0 Å². The molecule has 2 rings (SSSR count). The van der Waals surface area contributed by atoms with Crippen molar-refractivity contribution in [2.24, 2.45) is 0 Å². The van der Waals surface area contributed by atoms with Crippen molar-refractivity contribution in [1.82, 2.24) is 5.32 Å². The van der Waals surface area contributed by atoms with Gasteiger partial charge in [-0.3, -0.25) is 14.4 Å². The summed E-state index contributed by atoms with van der Waals surface area (Å²) in [6.07, 6.45) is 0. The predicted octanol–water partition coefficient (Wildman–Crippen LogP) is 2.91. The molecular weight excluding hydrogens is 367 g/mol. The number of anilines is 1. The maximum atomic E-state index is 11.8. The molecular formula is C17H14Cl2N2O4. The molecule has 0 heterocycles. The Labute approximate surface area is 154 Å². The van der Waals surface area contributed by atoms with Crippen molar-refractivity contribution < 1.29 is 19.1 Å². The Morgan fingerprint density at radius 3 is 2.24 bits per heavy atom. The van der Waals surface area contributed by atoms with E-state index < -0.39 is 24.4 Å². The van der Waals surface area contributed by atoms with Gasteiger partial charge in [0.15, 0.2) is 6.61 Å². The minimum atomic E-state index is -0.733. The van der Waals surface area contributed by atoms with E-state index in [1.54, 1.807) is 30.3 Å². The van der Waals surface area contributed by atoms with Crippen molar-refractivity contribution >= 4 is 46.7 Å². The van der Waals surface area contributed by atoms with Crippen LogP contribution in [0.25, 0.3) is 0 Å². The van der Waals surface area contributed by atoms with Crippen molar-refractivity contribution in [2.45, 2.75) is 0 Å². The highest BCUT2D eigenvalue weighted by molar-refractivity contribution is 6.35. The van der Waals surface area contributed by atoms with Crippen LogP contribution >= 0.6 is 23.2 Å². The first-order chi connectivity index (χ1) is 11.9. The summed E-state index contributed by atoms with van der Waals surface area (Å²) in [4.78, 5) is 35.1. The maximum Gasteiger partial charge on any atom is 0.325 e. The molecule has 0 aliphatic carbocycles. The lowest BCUT2D eigenvalue weighted by atomic mass is 10.2. The molecule has 0 bridgehead atoms. The van der Waals surface area contributed by atoms with Gasteiger partial charge in [0, 0.05) is 21.3 Å². The van der Waals surface area contributed by atoms with Crippen LogP contribution in [0.1, 0.15) is 10.4 Å². The Morgan fingerprint density at radius 2 is 1.60 bits per heavy atom. The molecule has 2 aromatic carbocycles. The fourth-order valence-corrected chi connectivity index (χ4v) is 2.39. The summed E-state index contributed by atoms with van der Waals surface area (Å²) < 4.78 is 4.79. The molecule has 0 unspecified atom stereocenters. The SMILES string of the molecule is O=C(COC(=O)CNC(=O)c1ccccc1)Nc1cc(Cl)cc(Cl)c1. The van der Waals surface area contributed by atoms with Gasteiger partial charge in [-0.15, -0.1) is 0 Å². The van der Waals surface area contributed by atoms with Gasteiger partial charge in [-0.1, -0.05) is 41.4 Å². The molecule has 2 amide bonds. The Morgan fingerprint density at radius 1 is 0.960 bits per heavy atom. The number of nitrogens with one attached hydrogen (secondary N) is 2. The number of hydrogen-bond donors (Lipinski definition) is 2. The average Bonchev–Trinajstić information content (AvgIpc) is 2.57. The Balaban J connectivity index is 1.74. The second-order valence-electron chi connectivity index (χ2n) is 4.92. The van der Waals surface area contributed by atoms with Gasteiger partial charge < -0.3 is 15.4 Å². The number of carbonyl (C=O) groups is 3. The summed E-state index contributed by atoms with van der Waals surface area (Å²) in [7, 11) is 0. The van der Waals surface area contributed by atoms with Gasteiger partial charge in [-0.2, -0.15) is 0 Å². The highest BCUT2D eigenvalue weighted by Gasteiger charge is 2.11. The van der Waals surface area contributed by atoms with E-state index in [1.165, 1.54) is 18.2 Å². The summed E-state index contributed by atoms with van der Waals surface area (Å²) in [6, 6.07) is 13.0. The minimum Gasteiger partial charge on any atom is -0.454 e. The number of halogens is 2. The van der Waals surface area contributed by atoms with E-state index in [1.807, 2.05) is 0 Å². The second-order valence-corrected chi connectivity index (χ2v) is 5.79. The first-order valence-electron chi connectivity index (χ1n) is 7.19.